The normalized spacial score (nSPS) is 11.4. The Labute approximate surface area is 407 Å². The van der Waals surface area contributed by atoms with Crippen LogP contribution in [0, 0.1) is 50.4 Å². The first-order chi connectivity index (χ1) is 34.2. The van der Waals surface area contributed by atoms with E-state index in [0.717, 1.165) is 111 Å². The monoisotopic (exact) mass is 894 g/mol. The number of aromatic nitrogens is 2. The summed E-state index contributed by atoms with van der Waals surface area (Å²) in [5.41, 5.74) is 22.6. The van der Waals surface area contributed by atoms with E-state index in [2.05, 4.69) is 231 Å². The molecule has 0 saturated heterocycles. The van der Waals surface area contributed by atoms with Gasteiger partial charge in [-0.3, -0.25) is 0 Å². The van der Waals surface area contributed by atoms with Crippen molar-refractivity contribution < 1.29 is 0 Å². The summed E-state index contributed by atoms with van der Waals surface area (Å²) in [6.07, 6.45) is 0. The zero-order chi connectivity index (χ0) is 47.6. The molecule has 12 aromatic rings. The van der Waals surface area contributed by atoms with Crippen molar-refractivity contribution in [1.82, 2.24) is 9.13 Å². The summed E-state index contributed by atoms with van der Waals surface area (Å²) in [5.74, 6) is 0. The molecule has 2 aromatic heterocycles. The largest absolute Gasteiger partial charge is 0.307 e. The summed E-state index contributed by atoms with van der Waals surface area (Å²) >= 11 is 0. The first kappa shape index (κ1) is 42.2. The highest BCUT2D eigenvalue weighted by Gasteiger charge is 2.24. The molecule has 0 amide bonds. The summed E-state index contributed by atoms with van der Waals surface area (Å²) in [6, 6.07) is 78.8. The molecule has 0 spiro atoms. The van der Waals surface area contributed by atoms with Crippen LogP contribution in [-0.4, -0.2) is 9.13 Å². The van der Waals surface area contributed by atoms with E-state index in [1.165, 1.54) is 22.3 Å². The fourth-order valence-electron chi connectivity index (χ4n) is 10.3. The van der Waals surface area contributed by atoms with Crippen molar-refractivity contribution in [3.8, 4) is 79.1 Å². The number of rotatable bonds is 7. The van der Waals surface area contributed by atoms with E-state index in [0.29, 0.717) is 11.1 Å². The van der Waals surface area contributed by atoms with Crippen molar-refractivity contribution in [3.63, 3.8) is 0 Å². The van der Waals surface area contributed by atoms with Crippen LogP contribution < -0.4 is 0 Å². The molecule has 4 heteroatoms. The average Bonchev–Trinajstić information content (AvgIpc) is 3.90. The SMILES string of the molecule is Cc1ccc(-c2ccc3c(c2)c2cc(-c4ccc(C)cc4)ccc2n3-c2cc(C#N)c(-c3cccc(C#N)c3)cc2-n2c3ccc(-c4ccc(C)cc4)cc3c3cc(-c4ccc(C)cc4)ccc32)cc1. The number of hydrogen-bond donors (Lipinski definition) is 0. The second-order valence-electron chi connectivity index (χ2n) is 18.8. The maximum absolute atomic E-state index is 11.2. The first-order valence-electron chi connectivity index (χ1n) is 23.8. The van der Waals surface area contributed by atoms with Crippen LogP contribution in [0.5, 0.6) is 0 Å². The Kier molecular flexibility index (Phi) is 10.1. The molecule has 4 nitrogen and oxygen atoms in total. The predicted molar refractivity (Wildman–Crippen MR) is 291 cm³/mol. The molecule has 0 aliphatic carbocycles. The van der Waals surface area contributed by atoms with Crippen LogP contribution in [-0.2, 0) is 0 Å². The summed E-state index contributed by atoms with van der Waals surface area (Å²) in [7, 11) is 0. The second-order valence-corrected chi connectivity index (χ2v) is 18.8. The Morgan fingerprint density at radius 1 is 0.300 bits per heavy atom. The molecule has 0 saturated carbocycles. The fourth-order valence-corrected chi connectivity index (χ4v) is 10.3. The van der Waals surface area contributed by atoms with Gasteiger partial charge in [-0.05, 0) is 151 Å². The number of aryl methyl sites for hydroxylation is 4. The van der Waals surface area contributed by atoms with Crippen LogP contribution >= 0.6 is 0 Å². The van der Waals surface area contributed by atoms with Gasteiger partial charge in [0.25, 0.3) is 0 Å². The van der Waals surface area contributed by atoms with Gasteiger partial charge in [-0.2, -0.15) is 10.5 Å². The van der Waals surface area contributed by atoms with Crippen LogP contribution in [0.15, 0.2) is 206 Å². The molecule has 10 aromatic carbocycles. The molecule has 0 fully saturated rings. The van der Waals surface area contributed by atoms with Gasteiger partial charge in [0.2, 0.25) is 0 Å². The quantitative estimate of drug-likeness (QED) is 0.160. The van der Waals surface area contributed by atoms with Crippen LogP contribution in [0.25, 0.3) is 111 Å². The van der Waals surface area contributed by atoms with Gasteiger partial charge in [0.15, 0.2) is 0 Å². The topological polar surface area (TPSA) is 57.4 Å². The lowest BCUT2D eigenvalue weighted by atomic mass is 9.96. The molecular weight excluding hydrogens is 849 g/mol. The second kappa shape index (κ2) is 16.8. The zero-order valence-electron chi connectivity index (χ0n) is 39.4. The Balaban J connectivity index is 1.20. The molecule has 12 rings (SSSR count). The average molecular weight is 895 g/mol. The number of nitrogens with zero attached hydrogens (tertiary/aromatic N) is 4. The molecule has 330 valence electrons. The summed E-state index contributed by atoms with van der Waals surface area (Å²) in [6.45, 7) is 8.48. The molecule has 70 heavy (non-hydrogen) atoms. The predicted octanol–water partition coefficient (Wildman–Crippen LogP) is 17.2. The molecule has 0 aliphatic rings. The molecule has 0 aliphatic heterocycles. The van der Waals surface area contributed by atoms with Crippen molar-refractivity contribution in [2.24, 2.45) is 0 Å². The highest BCUT2D eigenvalue weighted by atomic mass is 15.1. The number of nitriles is 2. The number of hydrogen-bond acceptors (Lipinski definition) is 2. The minimum Gasteiger partial charge on any atom is -0.307 e. The highest BCUT2D eigenvalue weighted by molar-refractivity contribution is 6.14. The molecule has 0 unspecified atom stereocenters. The Morgan fingerprint density at radius 2 is 0.629 bits per heavy atom. The standard InChI is InChI=1S/C66H46N4/c1-41-8-16-46(17-9-41)50-24-28-61-57(33-50)58-34-51(47-18-10-42(2)11-19-47)25-29-62(58)69(61)65-37-55(40-68)56(54-7-5-6-45(32-54)39-67)38-66(65)70-63-30-26-52(48-20-12-43(3)13-21-48)35-59(63)60-36-53(27-31-64(60)70)49-22-14-44(4)15-23-49/h5-38H,1-4H3. The maximum atomic E-state index is 11.2. The lowest BCUT2D eigenvalue weighted by Crippen LogP contribution is -2.05. The van der Waals surface area contributed by atoms with E-state index in [1.807, 2.05) is 24.3 Å². The molecular formula is C66H46N4. The summed E-state index contributed by atoms with van der Waals surface area (Å²) in [5, 5.41) is 25.7. The van der Waals surface area contributed by atoms with Crippen molar-refractivity contribution in [1.29, 1.82) is 10.5 Å². The van der Waals surface area contributed by atoms with E-state index in [1.54, 1.807) is 0 Å². The van der Waals surface area contributed by atoms with Gasteiger partial charge in [0.1, 0.15) is 0 Å². The highest BCUT2D eigenvalue weighted by Crippen LogP contribution is 2.44. The Hall–Kier alpha value is -9.22. The minimum absolute atomic E-state index is 0.514. The van der Waals surface area contributed by atoms with Gasteiger partial charge >= 0.3 is 0 Å². The van der Waals surface area contributed by atoms with Crippen molar-refractivity contribution >= 4 is 43.6 Å². The maximum Gasteiger partial charge on any atom is 0.0998 e. The Bertz CT molecular complexity index is 3930. The van der Waals surface area contributed by atoms with Crippen molar-refractivity contribution in [2.75, 3.05) is 0 Å². The van der Waals surface area contributed by atoms with Crippen LogP contribution in [0.2, 0.25) is 0 Å². The third kappa shape index (κ3) is 7.23. The molecule has 0 bridgehead atoms. The first-order valence-corrected chi connectivity index (χ1v) is 23.8. The van der Waals surface area contributed by atoms with E-state index in [-0.39, 0.29) is 0 Å². The summed E-state index contributed by atoms with van der Waals surface area (Å²) < 4.78 is 4.74. The van der Waals surface area contributed by atoms with Crippen LogP contribution in [0.4, 0.5) is 0 Å². The van der Waals surface area contributed by atoms with E-state index >= 15 is 0 Å². The molecule has 2 heterocycles. The van der Waals surface area contributed by atoms with E-state index in [9.17, 15) is 10.5 Å². The molecule has 0 atom stereocenters. The zero-order valence-corrected chi connectivity index (χ0v) is 39.4. The van der Waals surface area contributed by atoms with Crippen molar-refractivity contribution in [2.45, 2.75) is 27.7 Å². The van der Waals surface area contributed by atoms with E-state index in [4.69, 9.17) is 0 Å². The lowest BCUT2D eigenvalue weighted by Gasteiger charge is -2.20. The van der Waals surface area contributed by atoms with Gasteiger partial charge in [0, 0.05) is 27.1 Å². The Morgan fingerprint density at radius 3 is 0.957 bits per heavy atom. The van der Waals surface area contributed by atoms with Crippen molar-refractivity contribution in [3.05, 3.63) is 240 Å². The van der Waals surface area contributed by atoms with E-state index < -0.39 is 0 Å². The molecule has 0 N–H and O–H groups in total. The minimum atomic E-state index is 0.514. The lowest BCUT2D eigenvalue weighted by molar-refractivity contribution is 1.09. The van der Waals surface area contributed by atoms with Gasteiger partial charge in [-0.1, -0.05) is 156 Å². The van der Waals surface area contributed by atoms with Gasteiger partial charge in [0.05, 0.1) is 56.7 Å². The third-order valence-electron chi connectivity index (χ3n) is 14.1. The summed E-state index contributed by atoms with van der Waals surface area (Å²) in [4.78, 5) is 0. The smallest absolute Gasteiger partial charge is 0.0998 e. The van der Waals surface area contributed by atoms with Gasteiger partial charge in [-0.15, -0.1) is 0 Å². The third-order valence-corrected chi connectivity index (χ3v) is 14.1. The number of fused-ring (bicyclic) bond motifs is 6. The number of benzene rings is 10. The van der Waals surface area contributed by atoms with Crippen LogP contribution in [0.3, 0.4) is 0 Å². The van der Waals surface area contributed by atoms with Gasteiger partial charge in [-0.25, -0.2) is 0 Å². The van der Waals surface area contributed by atoms with Crippen LogP contribution in [0.1, 0.15) is 33.4 Å². The fraction of sp³-hybridized carbons (Fsp3) is 0.0606. The van der Waals surface area contributed by atoms with Gasteiger partial charge < -0.3 is 9.13 Å². The molecule has 0 radical (unpaired) electrons.